The predicted molar refractivity (Wildman–Crippen MR) is 106 cm³/mol. The molecule has 2 aromatic carbocycles. The van der Waals surface area contributed by atoms with E-state index in [1.807, 2.05) is 6.92 Å². The summed E-state index contributed by atoms with van der Waals surface area (Å²) in [6.45, 7) is 3.13. The van der Waals surface area contributed by atoms with Crippen LogP contribution >= 0.6 is 11.6 Å². The Labute approximate surface area is 164 Å². The van der Waals surface area contributed by atoms with Crippen LogP contribution in [0.25, 0.3) is 0 Å². The van der Waals surface area contributed by atoms with E-state index in [0.717, 1.165) is 4.31 Å². The van der Waals surface area contributed by atoms with Crippen LogP contribution in [0.5, 0.6) is 0 Å². The molecule has 0 spiro atoms. The molecular weight excluding hydrogens is 388 g/mol. The summed E-state index contributed by atoms with van der Waals surface area (Å²) >= 11 is 5.81. The lowest BCUT2D eigenvalue weighted by atomic mass is 10.2. The Balaban J connectivity index is 2.17. The fraction of sp³-hybridized carbons (Fsp3) is 0.263. The number of amides is 1. The summed E-state index contributed by atoms with van der Waals surface area (Å²) < 4.78 is 26.9. The summed E-state index contributed by atoms with van der Waals surface area (Å²) in [4.78, 5) is 23.7. The topological polar surface area (TPSA) is 83.6 Å². The van der Waals surface area contributed by atoms with Crippen molar-refractivity contribution in [3.63, 3.8) is 0 Å². The van der Waals surface area contributed by atoms with Gasteiger partial charge < -0.3 is 5.32 Å². The Morgan fingerprint density at radius 2 is 1.63 bits per heavy atom. The minimum Gasteiger partial charge on any atom is -0.325 e. The van der Waals surface area contributed by atoms with Crippen LogP contribution in [0.3, 0.4) is 0 Å². The van der Waals surface area contributed by atoms with Gasteiger partial charge in [0.15, 0.2) is 5.78 Å². The average Bonchev–Trinajstić information content (AvgIpc) is 2.63. The summed E-state index contributed by atoms with van der Waals surface area (Å²) in [5, 5.41) is 3.20. The van der Waals surface area contributed by atoms with Crippen molar-refractivity contribution in [3.8, 4) is 0 Å². The van der Waals surface area contributed by atoms with Gasteiger partial charge in [0.25, 0.3) is 0 Å². The van der Waals surface area contributed by atoms with Gasteiger partial charge in [-0.2, -0.15) is 4.31 Å². The van der Waals surface area contributed by atoms with Gasteiger partial charge in [-0.25, -0.2) is 8.42 Å². The Hall–Kier alpha value is -2.22. The number of halogens is 1. The number of ketones is 1. The van der Waals surface area contributed by atoms with Crippen molar-refractivity contribution in [1.29, 1.82) is 0 Å². The van der Waals surface area contributed by atoms with Gasteiger partial charge in [0.1, 0.15) is 0 Å². The lowest BCUT2D eigenvalue weighted by Gasteiger charge is -2.21. The van der Waals surface area contributed by atoms with Gasteiger partial charge in [-0.3, -0.25) is 9.59 Å². The van der Waals surface area contributed by atoms with Gasteiger partial charge in [-0.15, -0.1) is 0 Å². The van der Waals surface area contributed by atoms with Crippen LogP contribution in [0.2, 0.25) is 5.02 Å². The number of hydrogen-bond donors (Lipinski definition) is 1. The second-order valence-electron chi connectivity index (χ2n) is 5.97. The minimum absolute atomic E-state index is 0.0419. The van der Waals surface area contributed by atoms with Crippen molar-refractivity contribution < 1.29 is 18.0 Å². The molecule has 0 saturated carbocycles. The SMILES string of the molecule is CCCN(CC(=O)Nc1ccc(Cl)cc1)S(=O)(=O)c1ccc(C(C)=O)cc1. The highest BCUT2D eigenvalue weighted by atomic mass is 35.5. The molecule has 1 N–H and O–H groups in total. The summed E-state index contributed by atoms with van der Waals surface area (Å²) in [6.07, 6.45) is 0.555. The van der Waals surface area contributed by atoms with E-state index in [2.05, 4.69) is 5.32 Å². The maximum Gasteiger partial charge on any atom is 0.243 e. The zero-order chi connectivity index (χ0) is 20.0. The molecule has 8 heteroatoms. The van der Waals surface area contributed by atoms with Gasteiger partial charge in [0.2, 0.25) is 15.9 Å². The quantitative estimate of drug-likeness (QED) is 0.676. The second kappa shape index (κ2) is 9.12. The maximum atomic E-state index is 12.9. The van der Waals surface area contributed by atoms with Gasteiger partial charge in [0, 0.05) is 22.8 Å². The third kappa shape index (κ3) is 5.63. The van der Waals surface area contributed by atoms with E-state index in [1.165, 1.54) is 31.2 Å². The van der Waals surface area contributed by atoms with Crippen molar-refractivity contribution in [1.82, 2.24) is 4.31 Å². The molecule has 0 unspecified atom stereocenters. The minimum atomic E-state index is -3.86. The fourth-order valence-electron chi connectivity index (χ4n) is 2.44. The van der Waals surface area contributed by atoms with E-state index in [4.69, 9.17) is 11.6 Å². The summed E-state index contributed by atoms with van der Waals surface area (Å²) in [5.41, 5.74) is 0.959. The highest BCUT2D eigenvalue weighted by molar-refractivity contribution is 7.89. The summed E-state index contributed by atoms with van der Waals surface area (Å²) in [7, 11) is -3.86. The molecule has 6 nitrogen and oxygen atoms in total. The summed E-state index contributed by atoms with van der Waals surface area (Å²) in [5.74, 6) is -0.596. The number of sulfonamides is 1. The number of rotatable bonds is 8. The standard InChI is InChI=1S/C19H21ClN2O4S/c1-3-12-22(13-19(24)21-17-8-6-16(20)7-9-17)27(25,26)18-10-4-15(5-11-18)14(2)23/h4-11H,3,12-13H2,1-2H3,(H,21,24). The predicted octanol–water partition coefficient (Wildman–Crippen LogP) is 3.58. The molecular formula is C19H21ClN2O4S. The third-order valence-electron chi connectivity index (χ3n) is 3.82. The van der Waals surface area contributed by atoms with Crippen LogP contribution in [-0.4, -0.2) is 37.5 Å². The van der Waals surface area contributed by atoms with Crippen LogP contribution in [0, 0.1) is 0 Å². The zero-order valence-corrected chi connectivity index (χ0v) is 16.7. The smallest absolute Gasteiger partial charge is 0.243 e. The number of Topliss-reactive ketones (excluding diaryl/α,β-unsaturated/α-hetero) is 1. The lowest BCUT2D eigenvalue weighted by molar-refractivity contribution is -0.116. The van der Waals surface area contributed by atoms with Gasteiger partial charge >= 0.3 is 0 Å². The molecule has 1 amide bonds. The number of anilines is 1. The monoisotopic (exact) mass is 408 g/mol. The average molecular weight is 409 g/mol. The number of nitrogens with zero attached hydrogens (tertiary/aromatic N) is 1. The number of nitrogens with one attached hydrogen (secondary N) is 1. The molecule has 0 bridgehead atoms. The molecule has 2 aromatic rings. The van der Waals surface area contributed by atoms with Crippen LogP contribution in [-0.2, 0) is 14.8 Å². The molecule has 0 saturated heterocycles. The second-order valence-corrected chi connectivity index (χ2v) is 8.35. The summed E-state index contributed by atoms with van der Waals surface area (Å²) in [6, 6.07) is 12.2. The van der Waals surface area contributed by atoms with Crippen molar-refractivity contribution in [2.24, 2.45) is 0 Å². The van der Waals surface area contributed by atoms with Crippen LogP contribution in [0.15, 0.2) is 53.4 Å². The molecule has 0 radical (unpaired) electrons. The Morgan fingerprint density at radius 1 is 1.04 bits per heavy atom. The number of carbonyl (C=O) groups is 2. The number of benzene rings is 2. The first-order valence-corrected chi connectivity index (χ1v) is 10.2. The molecule has 2 rings (SSSR count). The van der Waals surface area contributed by atoms with E-state index in [1.54, 1.807) is 24.3 Å². The Kier molecular flexibility index (Phi) is 7.12. The number of carbonyl (C=O) groups excluding carboxylic acids is 2. The highest BCUT2D eigenvalue weighted by Crippen LogP contribution is 2.18. The Morgan fingerprint density at radius 3 is 2.15 bits per heavy atom. The highest BCUT2D eigenvalue weighted by Gasteiger charge is 2.26. The van der Waals surface area contributed by atoms with Crippen molar-refractivity contribution >= 4 is 39.0 Å². The molecule has 0 fully saturated rings. The largest absolute Gasteiger partial charge is 0.325 e. The normalized spacial score (nSPS) is 11.4. The van der Waals surface area contributed by atoms with E-state index in [9.17, 15) is 18.0 Å². The van der Waals surface area contributed by atoms with E-state index in [-0.39, 0.29) is 23.8 Å². The zero-order valence-electron chi connectivity index (χ0n) is 15.1. The molecule has 0 aliphatic rings. The first kappa shape index (κ1) is 21.1. The van der Waals surface area contributed by atoms with Crippen LogP contribution in [0.1, 0.15) is 30.6 Å². The first-order valence-electron chi connectivity index (χ1n) is 8.40. The van der Waals surface area contributed by atoms with Crippen molar-refractivity contribution in [2.45, 2.75) is 25.2 Å². The fourth-order valence-corrected chi connectivity index (χ4v) is 4.05. The molecule has 144 valence electrons. The molecule has 0 aliphatic heterocycles. The maximum absolute atomic E-state index is 12.9. The van der Waals surface area contributed by atoms with Crippen LogP contribution in [0.4, 0.5) is 5.69 Å². The molecule has 0 heterocycles. The molecule has 0 aliphatic carbocycles. The van der Waals surface area contributed by atoms with Crippen LogP contribution < -0.4 is 5.32 Å². The molecule has 0 atom stereocenters. The molecule has 27 heavy (non-hydrogen) atoms. The number of hydrogen-bond acceptors (Lipinski definition) is 4. The van der Waals surface area contributed by atoms with Gasteiger partial charge in [0.05, 0.1) is 11.4 Å². The molecule has 0 aromatic heterocycles. The van der Waals surface area contributed by atoms with E-state index >= 15 is 0 Å². The van der Waals surface area contributed by atoms with Gasteiger partial charge in [-0.1, -0.05) is 30.7 Å². The van der Waals surface area contributed by atoms with Crippen molar-refractivity contribution in [2.75, 3.05) is 18.4 Å². The van der Waals surface area contributed by atoms with E-state index in [0.29, 0.717) is 22.7 Å². The van der Waals surface area contributed by atoms with Gasteiger partial charge in [-0.05, 0) is 49.7 Å². The van der Waals surface area contributed by atoms with E-state index < -0.39 is 15.9 Å². The third-order valence-corrected chi connectivity index (χ3v) is 5.93. The lowest BCUT2D eigenvalue weighted by Crippen LogP contribution is -2.38. The first-order chi connectivity index (χ1) is 12.7. The van der Waals surface area contributed by atoms with Crippen molar-refractivity contribution in [3.05, 3.63) is 59.1 Å². The Bertz CT molecular complexity index is 910.